The van der Waals surface area contributed by atoms with Crippen molar-refractivity contribution < 1.29 is 4.79 Å². The average molecular weight is 438 g/mol. The number of aryl methyl sites for hydroxylation is 1. The predicted octanol–water partition coefficient (Wildman–Crippen LogP) is 4.64. The maximum atomic E-state index is 11.8. The van der Waals surface area contributed by atoms with Crippen LogP contribution in [0.25, 0.3) is 32.1 Å². The summed E-state index contributed by atoms with van der Waals surface area (Å²) in [7, 11) is 0. The van der Waals surface area contributed by atoms with Crippen LogP contribution < -0.4 is 4.90 Å². The first-order valence-electron chi connectivity index (χ1n) is 9.75. The lowest BCUT2D eigenvalue weighted by Crippen LogP contribution is -2.48. The second kappa shape index (κ2) is 7.41. The zero-order valence-corrected chi connectivity index (χ0v) is 18.1. The van der Waals surface area contributed by atoms with E-state index in [1.54, 1.807) is 0 Å². The fourth-order valence-corrected chi connectivity index (χ4v) is 5.19. The number of nitrogens with one attached hydrogen (secondary N) is 1. The summed E-state index contributed by atoms with van der Waals surface area (Å²) in [5.74, 6) is 0.918. The molecule has 2 aromatic carbocycles. The fraction of sp³-hybridized carbons (Fsp3) is 0.227. The summed E-state index contributed by atoms with van der Waals surface area (Å²) in [5, 5.41) is 10.0. The number of halogens is 1. The Morgan fingerprint density at radius 3 is 2.80 bits per heavy atom. The number of fused-ring (bicyclic) bond motifs is 2. The van der Waals surface area contributed by atoms with Gasteiger partial charge in [-0.05, 0) is 53.9 Å². The number of nitrogens with zero attached hydrogens (tertiary/aromatic N) is 4. The molecule has 152 valence electrons. The van der Waals surface area contributed by atoms with E-state index >= 15 is 0 Å². The number of piperazine rings is 1. The first-order chi connectivity index (χ1) is 14.6. The van der Waals surface area contributed by atoms with Crippen LogP contribution in [0.5, 0.6) is 0 Å². The highest BCUT2D eigenvalue weighted by Gasteiger charge is 2.23. The monoisotopic (exact) mass is 437 g/mol. The standard InChI is InChI=1S/C22H20ClN5OS/c1-3-20(29)27-6-8-28(9-7-27)22-15-10-17(23)14(11-19(15)30-26-22)21-13(2)4-5-18-16(21)12-24-25-18/h3-5,10-12H,1,6-9H2,2H3,(H,24,25). The Bertz CT molecular complexity index is 1290. The van der Waals surface area contributed by atoms with Gasteiger partial charge >= 0.3 is 0 Å². The molecule has 6 nitrogen and oxygen atoms in total. The van der Waals surface area contributed by atoms with E-state index < -0.39 is 0 Å². The van der Waals surface area contributed by atoms with Crippen molar-refractivity contribution in [1.82, 2.24) is 19.5 Å². The summed E-state index contributed by atoms with van der Waals surface area (Å²) in [6.07, 6.45) is 3.22. The van der Waals surface area contributed by atoms with Gasteiger partial charge in [0.2, 0.25) is 5.91 Å². The Labute approximate surface area is 182 Å². The molecule has 30 heavy (non-hydrogen) atoms. The van der Waals surface area contributed by atoms with E-state index in [4.69, 9.17) is 16.0 Å². The van der Waals surface area contributed by atoms with Gasteiger partial charge in [0.25, 0.3) is 0 Å². The number of benzene rings is 2. The summed E-state index contributed by atoms with van der Waals surface area (Å²) < 4.78 is 5.82. The first-order valence-corrected chi connectivity index (χ1v) is 10.9. The van der Waals surface area contributed by atoms with Crippen LogP contribution in [0.4, 0.5) is 5.82 Å². The smallest absolute Gasteiger partial charge is 0.246 e. The number of anilines is 1. The number of carbonyl (C=O) groups excluding carboxylic acids is 1. The van der Waals surface area contributed by atoms with Crippen LogP contribution in [0.3, 0.4) is 0 Å². The molecule has 0 radical (unpaired) electrons. The third-order valence-electron chi connectivity index (χ3n) is 5.71. The molecule has 0 bridgehead atoms. The van der Waals surface area contributed by atoms with Crippen LogP contribution >= 0.6 is 23.1 Å². The Balaban J connectivity index is 1.53. The van der Waals surface area contributed by atoms with Gasteiger partial charge in [-0.3, -0.25) is 9.89 Å². The molecule has 0 spiro atoms. The van der Waals surface area contributed by atoms with Crippen LogP contribution in [0.2, 0.25) is 5.02 Å². The molecule has 0 atom stereocenters. The van der Waals surface area contributed by atoms with E-state index in [1.807, 2.05) is 23.2 Å². The lowest BCUT2D eigenvalue weighted by Gasteiger charge is -2.34. The molecule has 1 aliphatic heterocycles. The molecule has 2 aromatic heterocycles. The summed E-state index contributed by atoms with van der Waals surface area (Å²) >= 11 is 8.27. The molecule has 4 aromatic rings. The molecule has 1 fully saturated rings. The highest BCUT2D eigenvalue weighted by molar-refractivity contribution is 7.13. The van der Waals surface area contributed by atoms with Crippen molar-refractivity contribution in [3.8, 4) is 11.1 Å². The third kappa shape index (κ3) is 3.05. The number of aromatic nitrogens is 3. The van der Waals surface area contributed by atoms with Gasteiger partial charge < -0.3 is 9.80 Å². The van der Waals surface area contributed by atoms with Crippen molar-refractivity contribution in [3.05, 3.63) is 53.7 Å². The molecule has 8 heteroatoms. The van der Waals surface area contributed by atoms with Crippen molar-refractivity contribution >= 4 is 55.8 Å². The van der Waals surface area contributed by atoms with Gasteiger partial charge in [-0.25, -0.2) is 0 Å². The molecular formula is C22H20ClN5OS. The first kappa shape index (κ1) is 19.1. The molecule has 5 rings (SSSR count). The fourth-order valence-electron chi connectivity index (χ4n) is 4.12. The van der Waals surface area contributed by atoms with Crippen molar-refractivity contribution in [1.29, 1.82) is 0 Å². The molecule has 0 unspecified atom stereocenters. The highest BCUT2D eigenvalue weighted by atomic mass is 35.5. The zero-order valence-electron chi connectivity index (χ0n) is 16.5. The Kier molecular flexibility index (Phi) is 4.72. The average Bonchev–Trinajstić information content (AvgIpc) is 3.40. The van der Waals surface area contributed by atoms with E-state index in [2.05, 4.69) is 40.7 Å². The number of aromatic amines is 1. The number of hydrogen-bond donors (Lipinski definition) is 1. The summed E-state index contributed by atoms with van der Waals surface area (Å²) in [6, 6.07) is 8.27. The lowest BCUT2D eigenvalue weighted by molar-refractivity contribution is -0.126. The number of amides is 1. The van der Waals surface area contributed by atoms with Gasteiger partial charge in [-0.1, -0.05) is 24.2 Å². The van der Waals surface area contributed by atoms with Gasteiger partial charge in [0.05, 0.1) is 16.4 Å². The molecule has 3 heterocycles. The quantitative estimate of drug-likeness (QED) is 0.474. The number of carbonyl (C=O) groups is 1. The minimum atomic E-state index is -0.0192. The van der Waals surface area contributed by atoms with Gasteiger partial charge in [0, 0.05) is 47.5 Å². The zero-order chi connectivity index (χ0) is 20.8. The second-order valence-electron chi connectivity index (χ2n) is 7.44. The highest BCUT2D eigenvalue weighted by Crippen LogP contribution is 2.41. The van der Waals surface area contributed by atoms with Crippen LogP contribution in [0, 0.1) is 6.92 Å². The molecule has 1 amide bonds. The van der Waals surface area contributed by atoms with E-state index in [0.29, 0.717) is 18.1 Å². The number of rotatable bonds is 3. The topological polar surface area (TPSA) is 65.1 Å². The normalized spacial score (nSPS) is 14.6. The minimum absolute atomic E-state index is 0.0192. The molecular weight excluding hydrogens is 418 g/mol. The van der Waals surface area contributed by atoms with Crippen molar-refractivity contribution in [2.24, 2.45) is 0 Å². The SMILES string of the molecule is C=CC(=O)N1CCN(c2nsc3cc(-c4c(C)ccc5[nH]ncc45)c(Cl)cc23)CC1. The van der Waals surface area contributed by atoms with Crippen molar-refractivity contribution in [2.75, 3.05) is 31.1 Å². The van der Waals surface area contributed by atoms with E-state index in [1.165, 1.54) is 17.6 Å². The maximum Gasteiger partial charge on any atom is 0.246 e. The van der Waals surface area contributed by atoms with Crippen LogP contribution in [-0.4, -0.2) is 51.6 Å². The Morgan fingerprint density at radius 1 is 1.23 bits per heavy atom. The van der Waals surface area contributed by atoms with Crippen LogP contribution in [0.1, 0.15) is 5.56 Å². The van der Waals surface area contributed by atoms with Gasteiger partial charge in [0.15, 0.2) is 0 Å². The molecule has 1 saturated heterocycles. The Hall–Kier alpha value is -2.90. The number of H-pyrrole nitrogens is 1. The lowest BCUT2D eigenvalue weighted by atomic mass is 9.96. The molecule has 1 aliphatic rings. The summed E-state index contributed by atoms with van der Waals surface area (Å²) in [4.78, 5) is 15.9. The predicted molar refractivity (Wildman–Crippen MR) is 123 cm³/mol. The maximum absolute atomic E-state index is 11.8. The molecule has 0 saturated carbocycles. The summed E-state index contributed by atoms with van der Waals surface area (Å²) in [5.41, 5.74) is 4.23. The second-order valence-corrected chi connectivity index (χ2v) is 8.65. The van der Waals surface area contributed by atoms with Gasteiger partial charge in [0.1, 0.15) is 5.82 Å². The minimum Gasteiger partial charge on any atom is -0.352 e. The van der Waals surface area contributed by atoms with E-state index in [-0.39, 0.29) is 5.91 Å². The van der Waals surface area contributed by atoms with E-state index in [0.717, 1.165) is 56.6 Å². The van der Waals surface area contributed by atoms with Crippen molar-refractivity contribution in [2.45, 2.75) is 6.92 Å². The largest absolute Gasteiger partial charge is 0.352 e. The van der Waals surface area contributed by atoms with E-state index in [9.17, 15) is 4.79 Å². The van der Waals surface area contributed by atoms with Crippen LogP contribution in [0.15, 0.2) is 43.1 Å². The summed E-state index contributed by atoms with van der Waals surface area (Å²) in [6.45, 7) is 8.47. The number of hydrogen-bond acceptors (Lipinski definition) is 5. The molecule has 1 N–H and O–H groups in total. The third-order valence-corrected chi connectivity index (χ3v) is 6.82. The van der Waals surface area contributed by atoms with Gasteiger partial charge in [-0.2, -0.15) is 9.47 Å². The van der Waals surface area contributed by atoms with Gasteiger partial charge in [-0.15, -0.1) is 0 Å². The van der Waals surface area contributed by atoms with Crippen molar-refractivity contribution in [3.63, 3.8) is 0 Å². The Morgan fingerprint density at radius 2 is 2.03 bits per heavy atom. The molecule has 0 aliphatic carbocycles. The van der Waals surface area contributed by atoms with Crippen LogP contribution in [-0.2, 0) is 4.79 Å².